The van der Waals surface area contributed by atoms with E-state index in [9.17, 15) is 18.3 Å². The molecule has 0 saturated heterocycles. The number of aliphatic hydroxyl groups is 1. The second-order valence-corrected chi connectivity index (χ2v) is 11.5. The highest BCUT2D eigenvalue weighted by Crippen LogP contribution is 2.30. The minimum absolute atomic E-state index is 0.0402. The second kappa shape index (κ2) is 12.5. The number of hydrogen-bond acceptors (Lipinski definition) is 7. The molecule has 0 saturated carbocycles. The Balaban J connectivity index is 1.45. The van der Waals surface area contributed by atoms with Crippen LogP contribution in [0.3, 0.4) is 0 Å². The smallest absolute Gasteiger partial charge is 0.251 e. The largest absolute Gasteiger partial charge is 0.497 e. The maximum absolute atomic E-state index is 12.8. The summed E-state index contributed by atoms with van der Waals surface area (Å²) in [4.78, 5) is 15.0. The van der Waals surface area contributed by atoms with Gasteiger partial charge in [0, 0.05) is 48.6 Å². The number of aliphatic hydroxyl groups excluding tert-OH is 1. The molecule has 0 bridgehead atoms. The van der Waals surface area contributed by atoms with Gasteiger partial charge in [-0.2, -0.15) is 0 Å². The van der Waals surface area contributed by atoms with Gasteiger partial charge in [-0.1, -0.05) is 36.4 Å². The van der Waals surface area contributed by atoms with E-state index < -0.39 is 22.0 Å². The molecule has 1 aliphatic carbocycles. The number of carbonyl (C=O) groups excluding carboxylic acids is 1. The van der Waals surface area contributed by atoms with Crippen LogP contribution in [0.2, 0.25) is 0 Å². The average Bonchev–Trinajstić information content (AvgIpc) is 3.35. The Morgan fingerprint density at radius 3 is 2.38 bits per heavy atom. The van der Waals surface area contributed by atoms with Crippen molar-refractivity contribution in [3.05, 3.63) is 89.0 Å². The van der Waals surface area contributed by atoms with Gasteiger partial charge in [0.2, 0.25) is 10.0 Å². The van der Waals surface area contributed by atoms with Crippen LogP contribution in [0.25, 0.3) is 0 Å². The fourth-order valence-electron chi connectivity index (χ4n) is 4.92. The van der Waals surface area contributed by atoms with Crippen LogP contribution >= 0.6 is 0 Å². The number of sulfonamides is 1. The number of carbonyl (C=O) groups is 1. The summed E-state index contributed by atoms with van der Waals surface area (Å²) in [6.45, 7) is 0.929. The first-order valence-corrected chi connectivity index (χ1v) is 14.6. The topological polar surface area (TPSA) is 117 Å². The predicted octanol–water partition coefficient (Wildman–Crippen LogP) is 2.84. The van der Waals surface area contributed by atoms with Crippen molar-refractivity contribution in [2.45, 2.75) is 31.5 Å². The fraction of sp³-hybridized carbons (Fsp3) is 0.345. The van der Waals surface area contributed by atoms with Crippen molar-refractivity contribution in [3.8, 4) is 11.5 Å². The van der Waals surface area contributed by atoms with E-state index in [1.807, 2.05) is 30.3 Å². The summed E-state index contributed by atoms with van der Waals surface area (Å²) < 4.78 is 36.4. The molecule has 0 unspecified atom stereocenters. The molecule has 3 aromatic carbocycles. The molecule has 4 rings (SSSR count). The Labute approximate surface area is 229 Å². The molecule has 3 N–H and O–H groups in total. The lowest BCUT2D eigenvalue weighted by atomic mass is 10.1. The summed E-state index contributed by atoms with van der Waals surface area (Å²) in [5.74, 6) is 1.01. The predicted molar refractivity (Wildman–Crippen MR) is 151 cm³/mol. The molecular formula is C29H35N3O6S. The molecule has 3 aromatic rings. The Kier molecular flexibility index (Phi) is 9.11. The van der Waals surface area contributed by atoms with Crippen LogP contribution in [0.15, 0.2) is 66.7 Å². The van der Waals surface area contributed by atoms with Crippen LogP contribution in [-0.2, 0) is 29.4 Å². The maximum atomic E-state index is 12.8. The number of amides is 1. The average molecular weight is 554 g/mol. The first-order chi connectivity index (χ1) is 18.6. The van der Waals surface area contributed by atoms with Crippen LogP contribution in [-0.4, -0.2) is 70.0 Å². The summed E-state index contributed by atoms with van der Waals surface area (Å²) >= 11 is 0. The van der Waals surface area contributed by atoms with Gasteiger partial charge in [-0.05, 0) is 48.2 Å². The van der Waals surface area contributed by atoms with E-state index in [1.165, 1.54) is 17.2 Å². The highest BCUT2D eigenvalue weighted by molar-refractivity contribution is 7.92. The quantitative estimate of drug-likeness (QED) is 0.316. The van der Waals surface area contributed by atoms with Crippen LogP contribution in [0.5, 0.6) is 11.5 Å². The number of rotatable bonds is 12. The van der Waals surface area contributed by atoms with Crippen LogP contribution in [0, 0.1) is 0 Å². The Morgan fingerprint density at radius 2 is 1.74 bits per heavy atom. The van der Waals surface area contributed by atoms with E-state index >= 15 is 0 Å². The van der Waals surface area contributed by atoms with Crippen LogP contribution < -0.4 is 19.5 Å². The number of ether oxygens (including phenoxy) is 2. The number of hydrogen-bond donors (Lipinski definition) is 3. The van der Waals surface area contributed by atoms with Gasteiger partial charge in [0.15, 0.2) is 0 Å². The highest BCUT2D eigenvalue weighted by atomic mass is 32.2. The SMILES string of the molecule is COc1ccc(CN(C[C@H](O)CNC(=O)c2cccc(NS(C)(=O)=O)c2)C2Cc3ccccc3C2)c(OC)c1. The molecule has 0 aromatic heterocycles. The molecule has 208 valence electrons. The zero-order chi connectivity index (χ0) is 28.0. The lowest BCUT2D eigenvalue weighted by Crippen LogP contribution is -2.44. The van der Waals surface area contributed by atoms with E-state index in [4.69, 9.17) is 9.47 Å². The van der Waals surface area contributed by atoms with Gasteiger partial charge in [0.1, 0.15) is 11.5 Å². The number of fused-ring (bicyclic) bond motifs is 1. The Morgan fingerprint density at radius 1 is 1.03 bits per heavy atom. The van der Waals surface area contributed by atoms with Crippen molar-refractivity contribution >= 4 is 21.6 Å². The van der Waals surface area contributed by atoms with Gasteiger partial charge in [-0.3, -0.25) is 14.4 Å². The Bertz CT molecular complexity index is 1390. The zero-order valence-electron chi connectivity index (χ0n) is 22.4. The minimum Gasteiger partial charge on any atom is -0.497 e. The summed E-state index contributed by atoms with van der Waals surface area (Å²) in [5, 5.41) is 13.8. The fourth-order valence-corrected chi connectivity index (χ4v) is 5.48. The van der Waals surface area contributed by atoms with E-state index in [0.717, 1.165) is 24.7 Å². The summed E-state index contributed by atoms with van der Waals surface area (Å²) in [7, 11) is -0.230. The molecule has 0 heterocycles. The normalized spacial score (nSPS) is 14.1. The van der Waals surface area contributed by atoms with Gasteiger partial charge in [0.25, 0.3) is 5.91 Å². The van der Waals surface area contributed by atoms with Crippen molar-refractivity contribution in [1.29, 1.82) is 0 Å². The molecule has 0 spiro atoms. The van der Waals surface area contributed by atoms with Crippen LogP contribution in [0.4, 0.5) is 5.69 Å². The third-order valence-corrected chi connectivity index (χ3v) is 7.39. The molecule has 39 heavy (non-hydrogen) atoms. The maximum Gasteiger partial charge on any atom is 0.251 e. The number of nitrogens with zero attached hydrogens (tertiary/aromatic N) is 1. The third-order valence-electron chi connectivity index (χ3n) is 6.79. The van der Waals surface area contributed by atoms with E-state index in [2.05, 4.69) is 27.1 Å². The summed E-state index contributed by atoms with van der Waals surface area (Å²) in [6.07, 6.45) is 1.95. The van der Waals surface area contributed by atoms with Gasteiger partial charge >= 0.3 is 0 Å². The number of anilines is 1. The standard InChI is InChI=1S/C29H35N3O6S/c1-37-27-12-11-23(28(16-27)38-2)18-32(25-14-20-7-4-5-8-21(20)15-25)19-26(33)17-30-29(34)22-9-6-10-24(13-22)31-39(3,35)36/h4-13,16,25-26,31,33H,14-15,17-19H2,1-3H3,(H,30,34)/t26-/m1/s1. The summed E-state index contributed by atoms with van der Waals surface area (Å²) in [5.41, 5.74) is 4.17. The van der Waals surface area contributed by atoms with Crippen LogP contribution in [0.1, 0.15) is 27.0 Å². The van der Waals surface area contributed by atoms with Gasteiger partial charge in [-0.25, -0.2) is 8.42 Å². The number of nitrogens with one attached hydrogen (secondary N) is 2. The monoisotopic (exact) mass is 553 g/mol. The van der Waals surface area contributed by atoms with E-state index in [1.54, 1.807) is 32.4 Å². The molecule has 0 aliphatic heterocycles. The van der Waals surface area contributed by atoms with E-state index in [-0.39, 0.29) is 12.6 Å². The lowest BCUT2D eigenvalue weighted by Gasteiger charge is -2.31. The molecule has 1 amide bonds. The van der Waals surface area contributed by atoms with Crippen molar-refractivity contribution in [2.75, 3.05) is 38.3 Å². The van der Waals surface area contributed by atoms with Gasteiger partial charge < -0.3 is 19.9 Å². The summed E-state index contributed by atoms with van der Waals surface area (Å²) in [6, 6.07) is 20.5. The van der Waals surface area contributed by atoms with Crippen molar-refractivity contribution in [3.63, 3.8) is 0 Å². The minimum atomic E-state index is -3.46. The van der Waals surface area contributed by atoms with Crippen molar-refractivity contribution in [2.24, 2.45) is 0 Å². The highest BCUT2D eigenvalue weighted by Gasteiger charge is 2.29. The second-order valence-electron chi connectivity index (χ2n) is 9.76. The molecule has 1 aliphatic rings. The van der Waals surface area contributed by atoms with Crippen molar-refractivity contribution < 1.29 is 27.8 Å². The Hall–Kier alpha value is -3.60. The first kappa shape index (κ1) is 28.4. The molecule has 0 radical (unpaired) electrons. The molecule has 0 fully saturated rings. The first-order valence-electron chi connectivity index (χ1n) is 12.7. The molecule has 1 atom stereocenters. The van der Waals surface area contributed by atoms with Gasteiger partial charge in [0.05, 0.1) is 26.6 Å². The van der Waals surface area contributed by atoms with E-state index in [0.29, 0.717) is 35.8 Å². The molecule has 9 nitrogen and oxygen atoms in total. The van der Waals surface area contributed by atoms with Crippen molar-refractivity contribution in [1.82, 2.24) is 10.2 Å². The number of methoxy groups -OCH3 is 2. The molecular weight excluding hydrogens is 518 g/mol. The van der Waals surface area contributed by atoms with Gasteiger partial charge in [-0.15, -0.1) is 0 Å². The lowest BCUT2D eigenvalue weighted by molar-refractivity contribution is 0.0747. The zero-order valence-corrected chi connectivity index (χ0v) is 23.2. The number of benzene rings is 3. The molecule has 10 heteroatoms. The third kappa shape index (κ3) is 7.72.